The van der Waals surface area contributed by atoms with Crippen molar-refractivity contribution in [2.75, 3.05) is 0 Å². The summed E-state index contributed by atoms with van der Waals surface area (Å²) >= 11 is 0. The number of ketones is 1. The Kier molecular flexibility index (Phi) is 3.57. The summed E-state index contributed by atoms with van der Waals surface area (Å²) in [6, 6.07) is 0. The third-order valence-electron chi connectivity index (χ3n) is 3.48. The van der Waals surface area contributed by atoms with Crippen molar-refractivity contribution in [2.45, 2.75) is 41.5 Å². The lowest BCUT2D eigenvalue weighted by atomic mass is 9.68. The number of carbonyl (C=O) groups is 1. The maximum Gasteiger partial charge on any atom is 0.182 e. The highest BCUT2D eigenvalue weighted by Crippen LogP contribution is 2.41. The molecular formula is C15H22O. The molecule has 0 fully saturated rings. The molecule has 0 aromatic carbocycles. The number of rotatable bonds is 2. The molecule has 0 amide bonds. The highest BCUT2D eigenvalue weighted by molar-refractivity contribution is 6.06. The van der Waals surface area contributed by atoms with Gasteiger partial charge in [-0.15, -0.1) is 0 Å². The zero-order valence-corrected chi connectivity index (χ0v) is 11.2. The highest BCUT2D eigenvalue weighted by Gasteiger charge is 2.35. The van der Waals surface area contributed by atoms with E-state index in [-0.39, 0.29) is 11.2 Å². The molecule has 88 valence electrons. The lowest BCUT2D eigenvalue weighted by Crippen LogP contribution is -2.30. The summed E-state index contributed by atoms with van der Waals surface area (Å²) in [5.41, 5.74) is 3.06. The van der Waals surface area contributed by atoms with Crippen molar-refractivity contribution < 1.29 is 4.79 Å². The van der Waals surface area contributed by atoms with Gasteiger partial charge >= 0.3 is 0 Å². The minimum absolute atomic E-state index is 0.0676. The van der Waals surface area contributed by atoms with Crippen molar-refractivity contribution >= 4 is 5.78 Å². The van der Waals surface area contributed by atoms with Gasteiger partial charge < -0.3 is 0 Å². The first-order valence-corrected chi connectivity index (χ1v) is 5.85. The summed E-state index contributed by atoms with van der Waals surface area (Å²) < 4.78 is 0. The van der Waals surface area contributed by atoms with Gasteiger partial charge in [0.1, 0.15) is 0 Å². The zero-order valence-electron chi connectivity index (χ0n) is 11.2. The average Bonchev–Trinajstić information content (AvgIpc) is 2.10. The van der Waals surface area contributed by atoms with Gasteiger partial charge in [0.2, 0.25) is 0 Å². The SMILES string of the molecule is CC(C)=CC(=O)C1=C(C)C=CC(C)C1(C)C. The van der Waals surface area contributed by atoms with E-state index in [9.17, 15) is 4.79 Å². The van der Waals surface area contributed by atoms with Crippen LogP contribution < -0.4 is 0 Å². The molecule has 0 saturated heterocycles. The minimum atomic E-state index is -0.0676. The molecule has 1 aliphatic carbocycles. The van der Waals surface area contributed by atoms with Crippen LogP contribution in [0.25, 0.3) is 0 Å². The predicted molar refractivity (Wildman–Crippen MR) is 69.2 cm³/mol. The molecule has 1 rings (SSSR count). The Hall–Kier alpha value is -1.11. The van der Waals surface area contributed by atoms with Gasteiger partial charge in [-0.1, -0.05) is 38.5 Å². The van der Waals surface area contributed by atoms with Crippen LogP contribution in [0.5, 0.6) is 0 Å². The lowest BCUT2D eigenvalue weighted by molar-refractivity contribution is -0.112. The minimum Gasteiger partial charge on any atom is -0.290 e. The molecule has 0 saturated carbocycles. The smallest absolute Gasteiger partial charge is 0.182 e. The van der Waals surface area contributed by atoms with Crippen LogP contribution in [0.3, 0.4) is 0 Å². The van der Waals surface area contributed by atoms with E-state index >= 15 is 0 Å². The molecule has 16 heavy (non-hydrogen) atoms. The van der Waals surface area contributed by atoms with Crippen LogP contribution in [0.4, 0.5) is 0 Å². The summed E-state index contributed by atoms with van der Waals surface area (Å²) in [7, 11) is 0. The Balaban J connectivity index is 3.23. The Morgan fingerprint density at radius 3 is 2.44 bits per heavy atom. The van der Waals surface area contributed by atoms with Gasteiger partial charge in [-0.2, -0.15) is 0 Å². The van der Waals surface area contributed by atoms with E-state index in [0.29, 0.717) is 5.92 Å². The monoisotopic (exact) mass is 218 g/mol. The summed E-state index contributed by atoms with van der Waals surface area (Å²) in [6.45, 7) is 12.4. The predicted octanol–water partition coefficient (Wildman–Crippen LogP) is 4.07. The molecule has 1 nitrogen and oxygen atoms in total. The van der Waals surface area contributed by atoms with Crippen molar-refractivity contribution in [1.82, 2.24) is 0 Å². The molecule has 1 aliphatic rings. The fourth-order valence-corrected chi connectivity index (χ4v) is 2.19. The van der Waals surface area contributed by atoms with Gasteiger partial charge in [-0.05, 0) is 43.8 Å². The lowest BCUT2D eigenvalue weighted by Gasteiger charge is -2.35. The molecule has 0 aliphatic heterocycles. The van der Waals surface area contributed by atoms with Gasteiger partial charge in [0.05, 0.1) is 0 Å². The summed E-state index contributed by atoms with van der Waals surface area (Å²) in [4.78, 5) is 12.2. The van der Waals surface area contributed by atoms with E-state index in [1.54, 1.807) is 6.08 Å². The zero-order chi connectivity index (χ0) is 12.5. The van der Waals surface area contributed by atoms with Crippen molar-refractivity contribution in [2.24, 2.45) is 11.3 Å². The Morgan fingerprint density at radius 2 is 1.94 bits per heavy atom. The van der Waals surface area contributed by atoms with E-state index in [0.717, 1.165) is 16.7 Å². The second-order valence-electron chi connectivity index (χ2n) is 5.51. The molecule has 0 heterocycles. The van der Waals surface area contributed by atoms with E-state index in [4.69, 9.17) is 0 Å². The summed E-state index contributed by atoms with van der Waals surface area (Å²) in [5.74, 6) is 0.569. The molecule has 0 aromatic heterocycles. The standard InChI is InChI=1S/C15H22O/c1-10(2)9-13(16)14-11(3)7-8-12(4)15(14,5)6/h7-9,12H,1-6H3. The van der Waals surface area contributed by atoms with E-state index in [1.807, 2.05) is 20.8 Å². The van der Waals surface area contributed by atoms with Crippen LogP contribution in [0.1, 0.15) is 41.5 Å². The third kappa shape index (κ3) is 2.34. The summed E-state index contributed by atoms with van der Waals surface area (Å²) in [6.07, 6.45) is 6.00. The van der Waals surface area contributed by atoms with Crippen LogP contribution in [0.2, 0.25) is 0 Å². The first-order chi connectivity index (χ1) is 7.26. The largest absolute Gasteiger partial charge is 0.290 e. The van der Waals surface area contributed by atoms with Crippen molar-refractivity contribution in [3.05, 3.63) is 34.9 Å². The fraction of sp³-hybridized carbons (Fsp3) is 0.533. The second kappa shape index (κ2) is 4.40. The first kappa shape index (κ1) is 13.0. The number of carbonyl (C=O) groups excluding carboxylic acids is 1. The molecule has 1 atom stereocenters. The van der Waals surface area contributed by atoms with Gasteiger partial charge in [0, 0.05) is 5.57 Å². The fourth-order valence-electron chi connectivity index (χ4n) is 2.19. The van der Waals surface area contributed by atoms with Crippen LogP contribution >= 0.6 is 0 Å². The van der Waals surface area contributed by atoms with Gasteiger partial charge in [-0.3, -0.25) is 4.79 Å². The molecule has 0 aromatic rings. The van der Waals surface area contributed by atoms with E-state index in [1.165, 1.54) is 0 Å². The van der Waals surface area contributed by atoms with Crippen molar-refractivity contribution in [1.29, 1.82) is 0 Å². The van der Waals surface area contributed by atoms with Gasteiger partial charge in [0.25, 0.3) is 0 Å². The normalized spacial score (nSPS) is 23.2. The topological polar surface area (TPSA) is 17.1 Å². The number of hydrogen-bond donors (Lipinski definition) is 0. The molecule has 0 radical (unpaired) electrons. The number of hydrogen-bond acceptors (Lipinski definition) is 1. The second-order valence-corrected chi connectivity index (χ2v) is 5.51. The van der Waals surface area contributed by atoms with Gasteiger partial charge in [-0.25, -0.2) is 0 Å². The molecular weight excluding hydrogens is 196 g/mol. The quantitative estimate of drug-likeness (QED) is 0.638. The van der Waals surface area contributed by atoms with Crippen LogP contribution in [-0.4, -0.2) is 5.78 Å². The Morgan fingerprint density at radius 1 is 1.38 bits per heavy atom. The van der Waals surface area contributed by atoms with Crippen LogP contribution in [-0.2, 0) is 4.79 Å². The van der Waals surface area contributed by atoms with Crippen LogP contribution in [0, 0.1) is 11.3 Å². The Bertz CT molecular complexity index is 388. The van der Waals surface area contributed by atoms with Crippen molar-refractivity contribution in [3.63, 3.8) is 0 Å². The summed E-state index contributed by atoms with van der Waals surface area (Å²) in [5, 5.41) is 0. The maximum atomic E-state index is 12.2. The van der Waals surface area contributed by atoms with E-state index in [2.05, 4.69) is 32.9 Å². The average molecular weight is 218 g/mol. The number of allylic oxidation sites excluding steroid dienone is 6. The van der Waals surface area contributed by atoms with E-state index < -0.39 is 0 Å². The van der Waals surface area contributed by atoms with Crippen LogP contribution in [0.15, 0.2) is 34.9 Å². The van der Waals surface area contributed by atoms with Gasteiger partial charge in [0.15, 0.2) is 5.78 Å². The molecule has 0 spiro atoms. The molecule has 0 N–H and O–H groups in total. The van der Waals surface area contributed by atoms with Crippen molar-refractivity contribution in [3.8, 4) is 0 Å². The molecule has 1 unspecified atom stereocenters. The molecule has 0 bridgehead atoms. The molecule has 1 heteroatoms. The Labute approximate surface area is 98.9 Å². The first-order valence-electron chi connectivity index (χ1n) is 5.85. The highest BCUT2D eigenvalue weighted by atomic mass is 16.1. The maximum absolute atomic E-state index is 12.2. The third-order valence-corrected chi connectivity index (χ3v) is 3.48.